The molecule has 1 N–H and O–H groups in total. The predicted octanol–water partition coefficient (Wildman–Crippen LogP) is 3.22. The van der Waals surface area contributed by atoms with E-state index in [0.717, 1.165) is 36.6 Å². The first-order valence-electron chi connectivity index (χ1n) is 6.20. The molecule has 0 spiro atoms. The van der Waals surface area contributed by atoms with Crippen molar-refractivity contribution in [3.8, 4) is 0 Å². The van der Waals surface area contributed by atoms with Gasteiger partial charge in [-0.25, -0.2) is 0 Å². The van der Waals surface area contributed by atoms with Gasteiger partial charge in [0.2, 0.25) is 0 Å². The second-order valence-electron chi connectivity index (χ2n) is 4.79. The van der Waals surface area contributed by atoms with Gasteiger partial charge in [-0.15, -0.1) is 11.3 Å². The third-order valence-corrected chi connectivity index (χ3v) is 4.80. The summed E-state index contributed by atoms with van der Waals surface area (Å²) in [5.41, 5.74) is -0.310. The Hall–Kier alpha value is -0.580. The zero-order valence-electron chi connectivity index (χ0n) is 10.5. The first-order valence-corrected chi connectivity index (χ1v) is 7.39. The molecule has 1 heterocycles. The molecular formula is C13H18ClNO2S. The van der Waals surface area contributed by atoms with Crippen LogP contribution in [0.1, 0.15) is 30.6 Å². The molecule has 1 saturated carbocycles. The first-order chi connectivity index (χ1) is 8.66. The molecule has 0 saturated heterocycles. The van der Waals surface area contributed by atoms with Crippen LogP contribution in [0, 0.1) is 5.41 Å². The molecule has 1 aliphatic carbocycles. The average molecular weight is 288 g/mol. The second-order valence-corrected chi connectivity index (χ2v) is 6.59. The number of ether oxygens (including phenoxy) is 1. The number of rotatable bonds is 5. The second kappa shape index (κ2) is 6.04. The van der Waals surface area contributed by atoms with Crippen molar-refractivity contribution in [2.75, 3.05) is 13.7 Å². The summed E-state index contributed by atoms with van der Waals surface area (Å²) in [4.78, 5) is 13.1. The van der Waals surface area contributed by atoms with Crippen LogP contribution in [0.15, 0.2) is 12.1 Å². The Kier molecular flexibility index (Phi) is 4.65. The molecule has 0 atom stereocenters. The first kappa shape index (κ1) is 13.8. The number of hydrogen-bond donors (Lipinski definition) is 1. The van der Waals surface area contributed by atoms with Crippen LogP contribution in [0.3, 0.4) is 0 Å². The smallest absolute Gasteiger partial charge is 0.313 e. The Labute approximate surface area is 116 Å². The minimum absolute atomic E-state index is 0.0725. The van der Waals surface area contributed by atoms with E-state index in [9.17, 15) is 4.79 Å². The van der Waals surface area contributed by atoms with E-state index in [4.69, 9.17) is 16.3 Å². The molecule has 1 fully saturated rings. The Morgan fingerprint density at radius 1 is 1.50 bits per heavy atom. The van der Waals surface area contributed by atoms with Crippen molar-refractivity contribution in [1.82, 2.24) is 5.32 Å². The van der Waals surface area contributed by atoms with Crippen LogP contribution in [0.4, 0.5) is 0 Å². The molecule has 100 valence electrons. The fourth-order valence-electron chi connectivity index (χ4n) is 2.59. The van der Waals surface area contributed by atoms with E-state index in [0.29, 0.717) is 6.54 Å². The lowest BCUT2D eigenvalue weighted by Gasteiger charge is -2.25. The Morgan fingerprint density at radius 3 is 2.78 bits per heavy atom. The summed E-state index contributed by atoms with van der Waals surface area (Å²) >= 11 is 7.45. The van der Waals surface area contributed by atoms with E-state index in [1.54, 1.807) is 11.3 Å². The molecule has 0 radical (unpaired) electrons. The quantitative estimate of drug-likeness (QED) is 0.845. The summed E-state index contributed by atoms with van der Waals surface area (Å²) in [5.74, 6) is -0.0725. The van der Waals surface area contributed by atoms with Gasteiger partial charge in [0.15, 0.2) is 0 Å². The zero-order valence-corrected chi connectivity index (χ0v) is 12.1. The molecule has 0 aromatic carbocycles. The van der Waals surface area contributed by atoms with Gasteiger partial charge in [0.05, 0.1) is 16.9 Å². The molecule has 1 aliphatic rings. The minimum Gasteiger partial charge on any atom is -0.469 e. The van der Waals surface area contributed by atoms with Crippen molar-refractivity contribution in [3.05, 3.63) is 21.3 Å². The average Bonchev–Trinajstić information content (AvgIpc) is 2.99. The van der Waals surface area contributed by atoms with Crippen LogP contribution < -0.4 is 5.32 Å². The summed E-state index contributed by atoms with van der Waals surface area (Å²) in [7, 11) is 1.47. The van der Waals surface area contributed by atoms with Crippen molar-refractivity contribution in [2.24, 2.45) is 5.41 Å². The summed E-state index contributed by atoms with van der Waals surface area (Å²) < 4.78 is 5.75. The number of methoxy groups -OCH3 is 1. The molecule has 5 heteroatoms. The highest BCUT2D eigenvalue weighted by molar-refractivity contribution is 7.16. The number of hydrogen-bond acceptors (Lipinski definition) is 4. The largest absolute Gasteiger partial charge is 0.469 e. The van der Waals surface area contributed by atoms with Gasteiger partial charge >= 0.3 is 5.97 Å². The standard InChI is InChI=1S/C13H18ClNO2S/c1-17-12(16)13(6-2-3-7-13)9-15-8-10-4-5-11(14)18-10/h4-5,15H,2-3,6-9H2,1H3. The zero-order chi connectivity index (χ0) is 13.0. The number of carbonyl (C=O) groups is 1. The van der Waals surface area contributed by atoms with E-state index < -0.39 is 0 Å². The van der Waals surface area contributed by atoms with Crippen LogP contribution in [0.2, 0.25) is 4.34 Å². The summed E-state index contributed by atoms with van der Waals surface area (Å²) in [6.07, 6.45) is 4.08. The third-order valence-electron chi connectivity index (χ3n) is 3.57. The SMILES string of the molecule is COC(=O)C1(CNCc2ccc(Cl)s2)CCCC1. The van der Waals surface area contributed by atoms with Crippen LogP contribution in [-0.4, -0.2) is 19.6 Å². The number of esters is 1. The predicted molar refractivity (Wildman–Crippen MR) is 74.0 cm³/mol. The lowest BCUT2D eigenvalue weighted by molar-refractivity contribution is -0.152. The highest BCUT2D eigenvalue weighted by atomic mass is 35.5. The highest BCUT2D eigenvalue weighted by Crippen LogP contribution is 2.38. The molecule has 0 aliphatic heterocycles. The third kappa shape index (κ3) is 3.05. The number of thiophene rings is 1. The summed E-state index contributed by atoms with van der Waals surface area (Å²) in [6.45, 7) is 1.45. The highest BCUT2D eigenvalue weighted by Gasteiger charge is 2.41. The topological polar surface area (TPSA) is 38.3 Å². The number of nitrogens with one attached hydrogen (secondary N) is 1. The van der Waals surface area contributed by atoms with Crippen LogP contribution in [0.25, 0.3) is 0 Å². The van der Waals surface area contributed by atoms with Crippen LogP contribution in [-0.2, 0) is 16.1 Å². The normalized spacial score (nSPS) is 17.9. The molecule has 0 amide bonds. The lowest BCUT2D eigenvalue weighted by Crippen LogP contribution is -2.39. The van der Waals surface area contributed by atoms with Crippen LogP contribution >= 0.6 is 22.9 Å². The fourth-order valence-corrected chi connectivity index (χ4v) is 3.65. The van der Waals surface area contributed by atoms with Crippen molar-refractivity contribution in [1.29, 1.82) is 0 Å². The van der Waals surface area contributed by atoms with Crippen LogP contribution in [0.5, 0.6) is 0 Å². The molecule has 1 aromatic rings. The Balaban J connectivity index is 1.88. The maximum Gasteiger partial charge on any atom is 0.313 e. The van der Waals surface area contributed by atoms with Gasteiger partial charge in [-0.2, -0.15) is 0 Å². The van der Waals surface area contributed by atoms with Gasteiger partial charge in [0, 0.05) is 18.0 Å². The van der Waals surface area contributed by atoms with Crippen molar-refractivity contribution in [2.45, 2.75) is 32.2 Å². The molecule has 0 bridgehead atoms. The summed E-state index contributed by atoms with van der Waals surface area (Å²) in [5, 5.41) is 3.36. The van der Waals surface area contributed by atoms with E-state index in [1.165, 1.54) is 12.0 Å². The van der Waals surface area contributed by atoms with Gasteiger partial charge in [-0.3, -0.25) is 4.79 Å². The molecule has 1 aromatic heterocycles. The minimum atomic E-state index is -0.310. The van der Waals surface area contributed by atoms with E-state index in [2.05, 4.69) is 5.32 Å². The Morgan fingerprint density at radius 2 is 2.22 bits per heavy atom. The molecule has 0 unspecified atom stereocenters. The molecule has 18 heavy (non-hydrogen) atoms. The number of carbonyl (C=O) groups excluding carboxylic acids is 1. The van der Waals surface area contributed by atoms with Gasteiger partial charge in [0.25, 0.3) is 0 Å². The van der Waals surface area contributed by atoms with Gasteiger partial charge in [-0.05, 0) is 25.0 Å². The van der Waals surface area contributed by atoms with E-state index >= 15 is 0 Å². The van der Waals surface area contributed by atoms with Gasteiger partial charge in [-0.1, -0.05) is 24.4 Å². The summed E-state index contributed by atoms with van der Waals surface area (Å²) in [6, 6.07) is 3.91. The van der Waals surface area contributed by atoms with Gasteiger partial charge in [0.1, 0.15) is 0 Å². The van der Waals surface area contributed by atoms with E-state index in [-0.39, 0.29) is 11.4 Å². The fraction of sp³-hybridized carbons (Fsp3) is 0.615. The molecule has 2 rings (SSSR count). The lowest BCUT2D eigenvalue weighted by atomic mass is 9.86. The monoisotopic (exact) mass is 287 g/mol. The van der Waals surface area contributed by atoms with Gasteiger partial charge < -0.3 is 10.1 Å². The van der Waals surface area contributed by atoms with E-state index in [1.807, 2.05) is 12.1 Å². The van der Waals surface area contributed by atoms with Crippen molar-refractivity contribution in [3.63, 3.8) is 0 Å². The Bertz CT molecular complexity index is 413. The molecular weight excluding hydrogens is 270 g/mol. The van der Waals surface area contributed by atoms with Crippen molar-refractivity contribution < 1.29 is 9.53 Å². The number of halogens is 1. The maximum absolute atomic E-state index is 11.9. The van der Waals surface area contributed by atoms with Crippen molar-refractivity contribution >= 4 is 28.9 Å². The maximum atomic E-state index is 11.9. The molecule has 3 nitrogen and oxygen atoms in total.